The summed E-state index contributed by atoms with van der Waals surface area (Å²) in [5.74, 6) is 1.20. The fourth-order valence-corrected chi connectivity index (χ4v) is 1.30. The Balaban J connectivity index is 1.83. The molecule has 8 heteroatoms. The van der Waals surface area contributed by atoms with Crippen molar-refractivity contribution in [3.63, 3.8) is 0 Å². The van der Waals surface area contributed by atoms with E-state index in [1.54, 1.807) is 0 Å². The quantitative estimate of drug-likeness (QED) is 0.788. The maximum atomic E-state index is 11.7. The summed E-state index contributed by atoms with van der Waals surface area (Å²) in [5, 5.41) is 12.7. The molecular formula is C10H14N6O2. The smallest absolute Gasteiger partial charge is 0.290 e. The van der Waals surface area contributed by atoms with Gasteiger partial charge in [0.1, 0.15) is 5.82 Å². The number of aromatic amines is 1. The van der Waals surface area contributed by atoms with Gasteiger partial charge < -0.3 is 9.84 Å². The van der Waals surface area contributed by atoms with Crippen molar-refractivity contribution < 1.29 is 9.32 Å². The molecule has 96 valence electrons. The first-order valence-electron chi connectivity index (χ1n) is 5.63. The van der Waals surface area contributed by atoms with E-state index in [0.717, 1.165) is 0 Å². The molecule has 0 bridgehead atoms. The monoisotopic (exact) mass is 250 g/mol. The van der Waals surface area contributed by atoms with Crippen molar-refractivity contribution in [1.82, 2.24) is 30.6 Å². The lowest BCUT2D eigenvalue weighted by Gasteiger charge is -1.99. The van der Waals surface area contributed by atoms with E-state index in [-0.39, 0.29) is 17.6 Å². The second-order valence-corrected chi connectivity index (χ2v) is 4.04. The Labute approximate surface area is 103 Å². The number of nitrogens with one attached hydrogen (secondary N) is 2. The van der Waals surface area contributed by atoms with Gasteiger partial charge in [0.05, 0.1) is 0 Å². The molecule has 18 heavy (non-hydrogen) atoms. The summed E-state index contributed by atoms with van der Waals surface area (Å²) in [7, 11) is 0. The van der Waals surface area contributed by atoms with Crippen LogP contribution >= 0.6 is 0 Å². The second kappa shape index (κ2) is 5.39. The number of amides is 1. The molecule has 0 saturated heterocycles. The highest BCUT2D eigenvalue weighted by Crippen LogP contribution is 2.07. The second-order valence-electron chi connectivity index (χ2n) is 4.04. The molecule has 0 aliphatic heterocycles. The fourth-order valence-electron chi connectivity index (χ4n) is 1.30. The molecule has 0 fully saturated rings. The van der Waals surface area contributed by atoms with E-state index in [9.17, 15) is 4.79 Å². The van der Waals surface area contributed by atoms with E-state index in [0.29, 0.717) is 24.7 Å². The van der Waals surface area contributed by atoms with Gasteiger partial charge in [0.15, 0.2) is 6.33 Å². The van der Waals surface area contributed by atoms with E-state index in [1.165, 1.54) is 6.33 Å². The molecule has 2 heterocycles. The Kier molecular flexibility index (Phi) is 3.66. The highest BCUT2D eigenvalue weighted by molar-refractivity contribution is 5.90. The van der Waals surface area contributed by atoms with Crippen molar-refractivity contribution in [3.8, 4) is 0 Å². The molecule has 8 nitrogen and oxygen atoms in total. The predicted molar refractivity (Wildman–Crippen MR) is 60.8 cm³/mol. The Morgan fingerprint density at radius 2 is 2.39 bits per heavy atom. The van der Waals surface area contributed by atoms with Crippen molar-refractivity contribution in [3.05, 3.63) is 23.9 Å². The molecule has 2 N–H and O–H groups in total. The molecule has 0 aliphatic carbocycles. The van der Waals surface area contributed by atoms with Crippen LogP contribution in [0.2, 0.25) is 0 Å². The molecule has 0 aromatic carbocycles. The molecule has 2 rings (SSSR count). The first-order valence-corrected chi connectivity index (χ1v) is 5.63. The molecule has 0 saturated carbocycles. The third kappa shape index (κ3) is 2.90. The lowest BCUT2D eigenvalue weighted by atomic mass is 10.2. The SMILES string of the molecule is CC(C)c1nc(C(=O)NCCc2ncno2)n[nH]1. The maximum Gasteiger partial charge on any atom is 0.290 e. The average molecular weight is 250 g/mol. The van der Waals surface area contributed by atoms with Crippen LogP contribution in [0.15, 0.2) is 10.9 Å². The number of hydrogen-bond acceptors (Lipinski definition) is 6. The van der Waals surface area contributed by atoms with Crippen molar-refractivity contribution in [1.29, 1.82) is 0 Å². The van der Waals surface area contributed by atoms with Gasteiger partial charge in [-0.1, -0.05) is 19.0 Å². The van der Waals surface area contributed by atoms with Crippen LogP contribution in [0.1, 0.15) is 42.1 Å². The zero-order chi connectivity index (χ0) is 13.0. The lowest BCUT2D eigenvalue weighted by Crippen LogP contribution is -2.26. The molecule has 0 spiro atoms. The van der Waals surface area contributed by atoms with Crippen molar-refractivity contribution >= 4 is 5.91 Å². The van der Waals surface area contributed by atoms with Crippen LogP contribution in [0.25, 0.3) is 0 Å². The zero-order valence-corrected chi connectivity index (χ0v) is 10.2. The van der Waals surface area contributed by atoms with Crippen LogP contribution < -0.4 is 5.32 Å². The Morgan fingerprint density at radius 1 is 1.56 bits per heavy atom. The molecule has 2 aromatic heterocycles. The van der Waals surface area contributed by atoms with Gasteiger partial charge in [-0.2, -0.15) is 4.98 Å². The number of carbonyl (C=O) groups is 1. The van der Waals surface area contributed by atoms with Gasteiger partial charge in [0.2, 0.25) is 11.7 Å². The highest BCUT2D eigenvalue weighted by Gasteiger charge is 2.13. The van der Waals surface area contributed by atoms with Crippen LogP contribution in [0.4, 0.5) is 0 Å². The fraction of sp³-hybridized carbons (Fsp3) is 0.500. The summed E-state index contributed by atoms with van der Waals surface area (Å²) in [5.41, 5.74) is 0. The van der Waals surface area contributed by atoms with Gasteiger partial charge in [0.25, 0.3) is 5.91 Å². The first-order chi connectivity index (χ1) is 8.66. The van der Waals surface area contributed by atoms with Crippen LogP contribution in [0, 0.1) is 0 Å². The summed E-state index contributed by atoms with van der Waals surface area (Å²) < 4.78 is 4.81. The predicted octanol–water partition coefficient (Wildman–Crippen LogP) is 0.284. The number of aromatic nitrogens is 5. The minimum Gasteiger partial charge on any atom is -0.349 e. The van der Waals surface area contributed by atoms with E-state index in [4.69, 9.17) is 4.52 Å². The number of carbonyl (C=O) groups excluding carboxylic acids is 1. The van der Waals surface area contributed by atoms with Crippen LogP contribution in [0.3, 0.4) is 0 Å². The summed E-state index contributed by atoms with van der Waals surface area (Å²) in [6, 6.07) is 0. The maximum absolute atomic E-state index is 11.7. The summed E-state index contributed by atoms with van der Waals surface area (Å²) >= 11 is 0. The molecule has 0 aliphatic rings. The van der Waals surface area contributed by atoms with Crippen molar-refractivity contribution in [2.75, 3.05) is 6.54 Å². The van der Waals surface area contributed by atoms with Gasteiger partial charge in [-0.15, -0.1) is 5.10 Å². The molecule has 0 radical (unpaired) electrons. The van der Waals surface area contributed by atoms with E-state index in [2.05, 4.69) is 30.6 Å². The normalized spacial score (nSPS) is 10.8. The van der Waals surface area contributed by atoms with Gasteiger partial charge in [-0.05, 0) is 0 Å². The Hall–Kier alpha value is -2.25. The minimum absolute atomic E-state index is 0.143. The third-order valence-corrected chi connectivity index (χ3v) is 2.28. The van der Waals surface area contributed by atoms with Gasteiger partial charge in [0, 0.05) is 18.9 Å². The van der Waals surface area contributed by atoms with Gasteiger partial charge in [-0.3, -0.25) is 9.89 Å². The van der Waals surface area contributed by atoms with Crippen LogP contribution in [0.5, 0.6) is 0 Å². The van der Waals surface area contributed by atoms with Crippen molar-refractivity contribution in [2.45, 2.75) is 26.2 Å². The van der Waals surface area contributed by atoms with Crippen LogP contribution in [-0.4, -0.2) is 37.8 Å². The molecular weight excluding hydrogens is 236 g/mol. The standard InChI is InChI=1S/C10H14N6O2/c1-6(2)8-14-9(16-15-8)10(17)11-4-3-7-12-5-13-18-7/h5-6H,3-4H2,1-2H3,(H,11,17)(H,14,15,16). The van der Waals surface area contributed by atoms with E-state index >= 15 is 0 Å². The van der Waals surface area contributed by atoms with Gasteiger partial charge >= 0.3 is 0 Å². The summed E-state index contributed by atoms with van der Waals surface area (Å²) in [6.45, 7) is 4.34. The Morgan fingerprint density at radius 3 is 3.00 bits per heavy atom. The first kappa shape index (κ1) is 12.2. The minimum atomic E-state index is -0.322. The number of H-pyrrole nitrogens is 1. The average Bonchev–Trinajstić information content (AvgIpc) is 2.99. The third-order valence-electron chi connectivity index (χ3n) is 2.28. The number of hydrogen-bond donors (Lipinski definition) is 2. The molecule has 0 unspecified atom stereocenters. The van der Waals surface area contributed by atoms with Crippen LogP contribution in [-0.2, 0) is 6.42 Å². The van der Waals surface area contributed by atoms with E-state index in [1.807, 2.05) is 13.8 Å². The topological polar surface area (TPSA) is 110 Å². The lowest BCUT2D eigenvalue weighted by molar-refractivity contribution is 0.0943. The number of rotatable bonds is 5. The summed E-state index contributed by atoms with van der Waals surface area (Å²) in [4.78, 5) is 19.6. The summed E-state index contributed by atoms with van der Waals surface area (Å²) in [6.07, 6.45) is 1.80. The molecule has 0 atom stereocenters. The Bertz CT molecular complexity index is 504. The van der Waals surface area contributed by atoms with Crippen molar-refractivity contribution in [2.24, 2.45) is 0 Å². The largest absolute Gasteiger partial charge is 0.349 e. The number of nitrogens with zero attached hydrogens (tertiary/aromatic N) is 4. The molecule has 1 amide bonds. The zero-order valence-electron chi connectivity index (χ0n) is 10.2. The van der Waals surface area contributed by atoms with E-state index < -0.39 is 0 Å². The molecule has 2 aromatic rings. The highest BCUT2D eigenvalue weighted by atomic mass is 16.5. The van der Waals surface area contributed by atoms with Gasteiger partial charge in [-0.25, -0.2) is 4.98 Å².